The van der Waals surface area contributed by atoms with Gasteiger partial charge < -0.3 is 5.32 Å². The largest absolute Gasteiger partial charge is 0.316 e. The van der Waals surface area contributed by atoms with Crippen LogP contribution in [0.25, 0.3) is 0 Å². The molecule has 0 aromatic heterocycles. The van der Waals surface area contributed by atoms with Crippen molar-refractivity contribution in [3.8, 4) is 0 Å². The number of halogens is 1. The SMILES string of the molecule is CNC(Cc1ccc(F)cc1)C1CSc2ccccc21. The summed E-state index contributed by atoms with van der Waals surface area (Å²) in [6.45, 7) is 0. The van der Waals surface area contributed by atoms with Crippen molar-refractivity contribution in [1.82, 2.24) is 5.32 Å². The molecule has 3 heteroatoms. The van der Waals surface area contributed by atoms with Gasteiger partial charge in [-0.2, -0.15) is 0 Å². The quantitative estimate of drug-likeness (QED) is 0.917. The standard InChI is InChI=1S/C17H18FNS/c1-19-16(10-12-6-8-13(18)9-7-12)15-11-20-17-5-3-2-4-14(15)17/h2-9,15-16,19H,10-11H2,1H3. The number of fused-ring (bicyclic) bond motifs is 1. The lowest BCUT2D eigenvalue weighted by atomic mass is 9.89. The van der Waals surface area contributed by atoms with Gasteiger partial charge in [0.15, 0.2) is 0 Å². The summed E-state index contributed by atoms with van der Waals surface area (Å²) >= 11 is 1.93. The number of nitrogens with one attached hydrogen (secondary N) is 1. The van der Waals surface area contributed by atoms with Crippen LogP contribution >= 0.6 is 11.8 Å². The van der Waals surface area contributed by atoms with E-state index < -0.39 is 0 Å². The van der Waals surface area contributed by atoms with E-state index in [2.05, 4.69) is 29.6 Å². The van der Waals surface area contributed by atoms with E-state index in [0.717, 1.165) is 12.2 Å². The zero-order valence-corrected chi connectivity index (χ0v) is 12.3. The minimum atomic E-state index is -0.170. The Bertz CT molecular complexity index is 582. The van der Waals surface area contributed by atoms with Crippen molar-refractivity contribution >= 4 is 11.8 Å². The molecule has 1 N–H and O–H groups in total. The molecule has 0 radical (unpaired) electrons. The minimum absolute atomic E-state index is 0.170. The molecule has 0 saturated carbocycles. The maximum atomic E-state index is 13.0. The average molecular weight is 287 g/mol. The van der Waals surface area contributed by atoms with E-state index >= 15 is 0 Å². The summed E-state index contributed by atoms with van der Waals surface area (Å²) < 4.78 is 13.0. The third-order valence-electron chi connectivity index (χ3n) is 3.96. The molecule has 3 rings (SSSR count). The Kier molecular flexibility index (Phi) is 4.08. The summed E-state index contributed by atoms with van der Waals surface area (Å²) in [7, 11) is 2.01. The summed E-state index contributed by atoms with van der Waals surface area (Å²) in [5, 5.41) is 3.44. The van der Waals surface area contributed by atoms with Crippen molar-refractivity contribution in [2.45, 2.75) is 23.3 Å². The topological polar surface area (TPSA) is 12.0 Å². The molecule has 2 aromatic rings. The van der Waals surface area contributed by atoms with E-state index in [0.29, 0.717) is 12.0 Å². The molecule has 1 nitrogen and oxygen atoms in total. The highest BCUT2D eigenvalue weighted by Gasteiger charge is 2.29. The predicted octanol–water partition coefficient (Wildman–Crippen LogP) is 3.85. The second-order valence-corrected chi connectivity index (χ2v) is 6.24. The normalized spacial score (nSPS) is 18.8. The van der Waals surface area contributed by atoms with E-state index in [1.54, 1.807) is 12.1 Å². The van der Waals surface area contributed by atoms with Crippen LogP contribution in [-0.4, -0.2) is 18.8 Å². The van der Waals surface area contributed by atoms with Crippen LogP contribution < -0.4 is 5.32 Å². The molecular weight excluding hydrogens is 269 g/mol. The summed E-state index contributed by atoms with van der Waals surface area (Å²) in [4.78, 5) is 1.40. The van der Waals surface area contributed by atoms with Crippen LogP contribution in [-0.2, 0) is 6.42 Å². The summed E-state index contributed by atoms with van der Waals surface area (Å²) in [6, 6.07) is 15.9. The average Bonchev–Trinajstić information content (AvgIpc) is 2.91. The number of hydrogen-bond acceptors (Lipinski definition) is 2. The maximum Gasteiger partial charge on any atom is 0.123 e. The van der Waals surface area contributed by atoms with Gasteiger partial charge in [-0.3, -0.25) is 0 Å². The van der Waals surface area contributed by atoms with Crippen molar-refractivity contribution in [3.63, 3.8) is 0 Å². The van der Waals surface area contributed by atoms with Gasteiger partial charge in [0.25, 0.3) is 0 Å². The lowest BCUT2D eigenvalue weighted by Gasteiger charge is -2.23. The lowest BCUT2D eigenvalue weighted by Crippen LogP contribution is -2.34. The van der Waals surface area contributed by atoms with Crippen LogP contribution in [0, 0.1) is 5.82 Å². The smallest absolute Gasteiger partial charge is 0.123 e. The van der Waals surface area contributed by atoms with Crippen LogP contribution in [0.3, 0.4) is 0 Å². The van der Waals surface area contributed by atoms with Crippen LogP contribution in [0.1, 0.15) is 17.0 Å². The molecular formula is C17H18FNS. The van der Waals surface area contributed by atoms with E-state index in [1.165, 1.54) is 16.0 Å². The Hall–Kier alpha value is -1.32. The summed E-state index contributed by atoms with van der Waals surface area (Å²) in [5.74, 6) is 1.47. The predicted molar refractivity (Wildman–Crippen MR) is 82.9 cm³/mol. The van der Waals surface area contributed by atoms with Gasteiger partial charge in [0, 0.05) is 22.6 Å². The fourth-order valence-corrected chi connectivity index (χ4v) is 4.17. The third-order valence-corrected chi connectivity index (χ3v) is 5.17. The van der Waals surface area contributed by atoms with Gasteiger partial charge in [0.1, 0.15) is 5.82 Å². The second kappa shape index (κ2) is 5.98. The fourth-order valence-electron chi connectivity index (χ4n) is 2.84. The minimum Gasteiger partial charge on any atom is -0.316 e. The number of likely N-dealkylation sites (N-methyl/N-ethyl adjacent to an activating group) is 1. The molecule has 0 spiro atoms. The molecule has 2 atom stereocenters. The molecule has 2 aromatic carbocycles. The van der Waals surface area contributed by atoms with Crippen molar-refractivity contribution in [1.29, 1.82) is 0 Å². The Balaban J connectivity index is 1.79. The molecule has 20 heavy (non-hydrogen) atoms. The van der Waals surface area contributed by atoms with Crippen molar-refractivity contribution in [2.75, 3.05) is 12.8 Å². The monoisotopic (exact) mass is 287 g/mol. The molecule has 1 heterocycles. The zero-order chi connectivity index (χ0) is 13.9. The van der Waals surface area contributed by atoms with E-state index in [4.69, 9.17) is 0 Å². The zero-order valence-electron chi connectivity index (χ0n) is 11.5. The fraction of sp³-hybridized carbons (Fsp3) is 0.294. The van der Waals surface area contributed by atoms with Crippen LogP contribution in [0.15, 0.2) is 53.4 Å². The van der Waals surface area contributed by atoms with E-state index in [9.17, 15) is 4.39 Å². The number of hydrogen-bond donors (Lipinski definition) is 1. The Morgan fingerprint density at radius 2 is 1.95 bits per heavy atom. The first-order chi connectivity index (χ1) is 9.78. The highest BCUT2D eigenvalue weighted by atomic mass is 32.2. The maximum absolute atomic E-state index is 13.0. The number of thioether (sulfide) groups is 1. The van der Waals surface area contributed by atoms with Crippen LogP contribution in [0.2, 0.25) is 0 Å². The Morgan fingerprint density at radius 3 is 2.70 bits per heavy atom. The van der Waals surface area contributed by atoms with Crippen molar-refractivity contribution < 1.29 is 4.39 Å². The van der Waals surface area contributed by atoms with E-state index in [-0.39, 0.29) is 5.82 Å². The summed E-state index contributed by atoms with van der Waals surface area (Å²) in [5.41, 5.74) is 2.62. The second-order valence-electron chi connectivity index (χ2n) is 5.18. The van der Waals surface area contributed by atoms with Gasteiger partial charge in [-0.05, 0) is 42.8 Å². The first-order valence-corrected chi connectivity index (χ1v) is 7.90. The molecule has 1 aliphatic heterocycles. The Labute approximate surface area is 123 Å². The van der Waals surface area contributed by atoms with Gasteiger partial charge in [-0.1, -0.05) is 30.3 Å². The molecule has 2 unspecified atom stereocenters. The first kappa shape index (κ1) is 13.7. The van der Waals surface area contributed by atoms with Gasteiger partial charge in [0.2, 0.25) is 0 Å². The van der Waals surface area contributed by atoms with Crippen molar-refractivity contribution in [2.24, 2.45) is 0 Å². The van der Waals surface area contributed by atoms with Gasteiger partial charge in [0.05, 0.1) is 0 Å². The first-order valence-electron chi connectivity index (χ1n) is 6.91. The molecule has 1 aliphatic rings. The third kappa shape index (κ3) is 2.74. The summed E-state index contributed by atoms with van der Waals surface area (Å²) in [6.07, 6.45) is 0.927. The lowest BCUT2D eigenvalue weighted by molar-refractivity contribution is 0.488. The van der Waals surface area contributed by atoms with E-state index in [1.807, 2.05) is 30.9 Å². The Morgan fingerprint density at radius 1 is 1.20 bits per heavy atom. The number of benzene rings is 2. The molecule has 0 saturated heterocycles. The molecule has 0 amide bonds. The highest BCUT2D eigenvalue weighted by Crippen LogP contribution is 2.41. The van der Waals surface area contributed by atoms with Crippen LogP contribution in [0.5, 0.6) is 0 Å². The molecule has 0 bridgehead atoms. The highest BCUT2D eigenvalue weighted by molar-refractivity contribution is 7.99. The van der Waals surface area contributed by atoms with Gasteiger partial charge >= 0.3 is 0 Å². The molecule has 0 aliphatic carbocycles. The van der Waals surface area contributed by atoms with Crippen LogP contribution in [0.4, 0.5) is 4.39 Å². The molecule has 0 fully saturated rings. The molecule has 104 valence electrons. The van der Waals surface area contributed by atoms with Gasteiger partial charge in [-0.25, -0.2) is 4.39 Å². The van der Waals surface area contributed by atoms with Gasteiger partial charge in [-0.15, -0.1) is 11.8 Å². The van der Waals surface area contributed by atoms with Crippen molar-refractivity contribution in [3.05, 3.63) is 65.5 Å². The number of rotatable bonds is 4.